The zero-order valence-corrected chi connectivity index (χ0v) is 8.27. The van der Waals surface area contributed by atoms with Crippen molar-refractivity contribution in [3.8, 4) is 5.75 Å². The molecule has 0 fully saturated rings. The number of nitrogen functional groups attached to an aromatic ring is 1. The second-order valence-electron chi connectivity index (χ2n) is 2.54. The van der Waals surface area contributed by atoms with Crippen LogP contribution >= 0.6 is 11.6 Å². The van der Waals surface area contributed by atoms with Gasteiger partial charge in [0.25, 0.3) is 0 Å². The number of alkyl halides is 1. The van der Waals surface area contributed by atoms with Gasteiger partial charge in [-0.05, 0) is 24.6 Å². The van der Waals surface area contributed by atoms with Gasteiger partial charge in [-0.3, -0.25) is 5.84 Å². The molecule has 4 heteroatoms. The number of hydrogen-bond donors (Lipinski definition) is 2. The number of anilines is 1. The van der Waals surface area contributed by atoms with Crippen molar-refractivity contribution in [2.75, 3.05) is 12.0 Å². The fourth-order valence-electron chi connectivity index (χ4n) is 1.05. The summed E-state index contributed by atoms with van der Waals surface area (Å²) in [5.74, 6) is 6.55. The predicted octanol–water partition coefficient (Wildman–Crippen LogP) is 2.11. The smallest absolute Gasteiger partial charge is 0.143 e. The fraction of sp³-hybridized carbons (Fsp3) is 0.333. The van der Waals surface area contributed by atoms with Gasteiger partial charge in [0, 0.05) is 5.88 Å². The molecule has 0 bridgehead atoms. The molecule has 3 nitrogen and oxygen atoms in total. The first-order valence-corrected chi connectivity index (χ1v) is 4.63. The zero-order valence-electron chi connectivity index (χ0n) is 7.51. The van der Waals surface area contributed by atoms with E-state index in [1.807, 2.05) is 25.1 Å². The maximum Gasteiger partial charge on any atom is 0.143 e. The second-order valence-corrected chi connectivity index (χ2v) is 2.81. The minimum absolute atomic E-state index is 0.473. The molecule has 0 aromatic heterocycles. The minimum atomic E-state index is 0.473. The molecule has 1 aromatic carbocycles. The van der Waals surface area contributed by atoms with Crippen LogP contribution in [0.2, 0.25) is 0 Å². The van der Waals surface area contributed by atoms with Crippen LogP contribution in [0, 0.1) is 0 Å². The van der Waals surface area contributed by atoms with E-state index < -0.39 is 0 Å². The molecule has 72 valence electrons. The molecule has 13 heavy (non-hydrogen) atoms. The van der Waals surface area contributed by atoms with Crippen molar-refractivity contribution in [2.24, 2.45) is 5.84 Å². The highest BCUT2D eigenvalue weighted by Gasteiger charge is 2.02. The highest BCUT2D eigenvalue weighted by Crippen LogP contribution is 2.25. The number of ether oxygens (including phenoxy) is 1. The van der Waals surface area contributed by atoms with Crippen molar-refractivity contribution in [1.82, 2.24) is 0 Å². The monoisotopic (exact) mass is 200 g/mol. The van der Waals surface area contributed by atoms with Gasteiger partial charge in [0.15, 0.2) is 0 Å². The first-order chi connectivity index (χ1) is 6.31. The average molecular weight is 201 g/mol. The summed E-state index contributed by atoms with van der Waals surface area (Å²) in [5.41, 5.74) is 4.35. The Hall–Kier alpha value is -0.930. The number of rotatable bonds is 4. The summed E-state index contributed by atoms with van der Waals surface area (Å²) < 4.78 is 5.34. The number of nitrogens with two attached hydrogens (primary N) is 1. The van der Waals surface area contributed by atoms with Gasteiger partial charge in [-0.25, -0.2) is 0 Å². The van der Waals surface area contributed by atoms with Gasteiger partial charge in [-0.1, -0.05) is 6.07 Å². The van der Waals surface area contributed by atoms with Gasteiger partial charge < -0.3 is 10.2 Å². The van der Waals surface area contributed by atoms with Crippen LogP contribution in [0.25, 0.3) is 0 Å². The van der Waals surface area contributed by atoms with Gasteiger partial charge in [0.2, 0.25) is 0 Å². The Balaban J connectivity index is 2.93. The standard InChI is InChI=1S/C9H13ClN2O/c1-2-13-9-4-3-7(6-10)5-8(9)12-11/h3-5,12H,2,6,11H2,1H3. The van der Waals surface area contributed by atoms with E-state index in [-0.39, 0.29) is 0 Å². The molecule has 0 saturated heterocycles. The van der Waals surface area contributed by atoms with Gasteiger partial charge in [-0.15, -0.1) is 11.6 Å². The molecule has 0 amide bonds. The molecule has 0 aliphatic heterocycles. The summed E-state index contributed by atoms with van der Waals surface area (Å²) in [5, 5.41) is 0. The molecular formula is C9H13ClN2O. The van der Waals surface area contributed by atoms with Crippen LogP contribution in [0.5, 0.6) is 5.75 Å². The molecule has 0 aliphatic carbocycles. The average Bonchev–Trinajstić information content (AvgIpc) is 2.19. The summed E-state index contributed by atoms with van der Waals surface area (Å²) in [7, 11) is 0. The van der Waals surface area contributed by atoms with Crippen LogP contribution in [0.15, 0.2) is 18.2 Å². The van der Waals surface area contributed by atoms with Gasteiger partial charge in [-0.2, -0.15) is 0 Å². The van der Waals surface area contributed by atoms with Gasteiger partial charge in [0.1, 0.15) is 5.75 Å². The van der Waals surface area contributed by atoms with E-state index in [0.29, 0.717) is 12.5 Å². The van der Waals surface area contributed by atoms with Crippen LogP contribution in [0.1, 0.15) is 12.5 Å². The van der Waals surface area contributed by atoms with E-state index in [9.17, 15) is 0 Å². The minimum Gasteiger partial charge on any atom is -0.492 e. The molecule has 0 atom stereocenters. The van der Waals surface area contributed by atoms with Crippen molar-refractivity contribution in [2.45, 2.75) is 12.8 Å². The predicted molar refractivity (Wildman–Crippen MR) is 55.0 cm³/mol. The highest BCUT2D eigenvalue weighted by molar-refractivity contribution is 6.17. The number of halogens is 1. The molecule has 3 N–H and O–H groups in total. The van der Waals surface area contributed by atoms with Crippen LogP contribution in [-0.4, -0.2) is 6.61 Å². The SMILES string of the molecule is CCOc1ccc(CCl)cc1NN. The fourth-order valence-corrected chi connectivity index (χ4v) is 1.22. The van der Waals surface area contributed by atoms with Crippen molar-refractivity contribution in [3.05, 3.63) is 23.8 Å². The Kier molecular flexibility index (Phi) is 3.86. The number of benzene rings is 1. The Morgan fingerprint density at radius 1 is 1.54 bits per heavy atom. The quantitative estimate of drug-likeness (QED) is 0.445. The molecule has 0 spiro atoms. The molecule has 0 unspecified atom stereocenters. The van der Waals surface area contributed by atoms with E-state index in [1.54, 1.807) is 0 Å². The van der Waals surface area contributed by atoms with Crippen molar-refractivity contribution < 1.29 is 4.74 Å². The third-order valence-electron chi connectivity index (χ3n) is 1.65. The first kappa shape index (κ1) is 10.2. The second kappa shape index (κ2) is 4.94. The summed E-state index contributed by atoms with van der Waals surface area (Å²) in [6, 6.07) is 5.65. The van der Waals surface area contributed by atoms with Crippen molar-refractivity contribution >= 4 is 17.3 Å². The van der Waals surface area contributed by atoms with Crippen molar-refractivity contribution in [3.63, 3.8) is 0 Å². The molecular weight excluding hydrogens is 188 g/mol. The Morgan fingerprint density at radius 3 is 2.85 bits per heavy atom. The van der Waals surface area contributed by atoms with E-state index in [4.69, 9.17) is 22.2 Å². The molecule has 1 rings (SSSR count). The number of hydrogen-bond acceptors (Lipinski definition) is 3. The lowest BCUT2D eigenvalue weighted by Gasteiger charge is -2.10. The summed E-state index contributed by atoms with van der Waals surface area (Å²) in [6.45, 7) is 2.55. The number of nitrogens with one attached hydrogen (secondary N) is 1. The van der Waals surface area contributed by atoms with Gasteiger partial charge >= 0.3 is 0 Å². The first-order valence-electron chi connectivity index (χ1n) is 4.10. The third kappa shape index (κ3) is 2.50. The van der Waals surface area contributed by atoms with Crippen LogP contribution < -0.4 is 16.0 Å². The summed E-state index contributed by atoms with van der Waals surface area (Å²) in [4.78, 5) is 0. The highest BCUT2D eigenvalue weighted by atomic mass is 35.5. The lowest BCUT2D eigenvalue weighted by Crippen LogP contribution is -2.09. The Morgan fingerprint density at radius 2 is 2.31 bits per heavy atom. The van der Waals surface area contributed by atoms with E-state index in [1.165, 1.54) is 0 Å². The van der Waals surface area contributed by atoms with Crippen molar-refractivity contribution in [1.29, 1.82) is 0 Å². The normalized spacial score (nSPS) is 9.77. The molecule has 0 heterocycles. The van der Waals surface area contributed by atoms with Crippen LogP contribution in [0.3, 0.4) is 0 Å². The molecule has 1 aromatic rings. The van der Waals surface area contributed by atoms with Gasteiger partial charge in [0.05, 0.1) is 12.3 Å². The molecule has 0 radical (unpaired) electrons. The van der Waals surface area contributed by atoms with E-state index in [0.717, 1.165) is 17.0 Å². The molecule has 0 saturated carbocycles. The van der Waals surface area contributed by atoms with E-state index in [2.05, 4.69) is 5.43 Å². The topological polar surface area (TPSA) is 47.3 Å². The van der Waals surface area contributed by atoms with E-state index >= 15 is 0 Å². The Labute approximate surface area is 82.8 Å². The van der Waals surface area contributed by atoms with Crippen LogP contribution in [-0.2, 0) is 5.88 Å². The molecule has 0 aliphatic rings. The lowest BCUT2D eigenvalue weighted by molar-refractivity contribution is 0.341. The largest absolute Gasteiger partial charge is 0.492 e. The summed E-state index contributed by atoms with van der Waals surface area (Å²) >= 11 is 5.68. The Bertz CT molecular complexity index is 278. The lowest BCUT2D eigenvalue weighted by atomic mass is 10.2. The summed E-state index contributed by atoms with van der Waals surface area (Å²) in [6.07, 6.45) is 0. The maximum atomic E-state index is 5.68. The maximum absolute atomic E-state index is 5.68. The third-order valence-corrected chi connectivity index (χ3v) is 1.96. The van der Waals surface area contributed by atoms with Crippen LogP contribution in [0.4, 0.5) is 5.69 Å². The zero-order chi connectivity index (χ0) is 9.68. The number of hydrazine groups is 1.